The van der Waals surface area contributed by atoms with Gasteiger partial charge in [-0.3, -0.25) is 0 Å². The molecular formula is C30H21F10NO3. The number of halogens is 10. The average Bonchev–Trinajstić information content (AvgIpc) is 2.94. The zero-order chi connectivity index (χ0) is 32.3. The van der Waals surface area contributed by atoms with Crippen molar-refractivity contribution >= 4 is 5.69 Å². The minimum atomic E-state index is -5.07. The van der Waals surface area contributed by atoms with E-state index in [1.165, 1.54) is 35.2 Å². The predicted octanol–water partition coefficient (Wildman–Crippen LogP) is 9.08. The molecule has 4 rings (SSSR count). The Bertz CT molecular complexity index is 1540. The highest BCUT2D eigenvalue weighted by Crippen LogP contribution is 2.38. The monoisotopic (exact) mass is 633 g/mol. The second-order valence-electron chi connectivity index (χ2n) is 9.35. The highest BCUT2D eigenvalue weighted by atomic mass is 19.4. The fourth-order valence-electron chi connectivity index (χ4n) is 4.21. The van der Waals surface area contributed by atoms with Gasteiger partial charge in [-0.1, -0.05) is 36.4 Å². The van der Waals surface area contributed by atoms with Crippen LogP contribution in [-0.4, -0.2) is 18.0 Å². The molecule has 0 aromatic heterocycles. The lowest BCUT2D eigenvalue weighted by molar-refractivity contribution is -0.274. The van der Waals surface area contributed by atoms with E-state index in [-0.39, 0.29) is 23.1 Å². The van der Waals surface area contributed by atoms with Gasteiger partial charge in [-0.05, 0) is 60.2 Å². The zero-order valence-electron chi connectivity index (χ0n) is 22.1. The molecule has 0 radical (unpaired) electrons. The molecule has 2 unspecified atom stereocenters. The first-order valence-corrected chi connectivity index (χ1v) is 12.6. The maximum absolute atomic E-state index is 15.4. The quantitative estimate of drug-likeness (QED) is 0.148. The Kier molecular flexibility index (Phi) is 9.33. The molecule has 4 aromatic carbocycles. The normalized spacial score (nSPS) is 13.7. The number of hydrogen-bond acceptors (Lipinski definition) is 4. The number of aliphatic hydroxyl groups is 1. The Morgan fingerprint density at radius 3 is 1.82 bits per heavy atom. The molecule has 0 amide bonds. The molecule has 0 saturated carbocycles. The van der Waals surface area contributed by atoms with Gasteiger partial charge >= 0.3 is 18.7 Å². The molecule has 0 saturated heterocycles. The van der Waals surface area contributed by atoms with Crippen molar-refractivity contribution in [3.05, 3.63) is 125 Å². The van der Waals surface area contributed by atoms with Crippen LogP contribution >= 0.6 is 0 Å². The predicted molar refractivity (Wildman–Crippen MR) is 138 cm³/mol. The van der Waals surface area contributed by atoms with Crippen molar-refractivity contribution in [1.29, 1.82) is 0 Å². The van der Waals surface area contributed by atoms with Gasteiger partial charge in [-0.15, -0.1) is 13.2 Å². The van der Waals surface area contributed by atoms with Gasteiger partial charge in [0.15, 0.2) is 0 Å². The van der Waals surface area contributed by atoms with Gasteiger partial charge in [-0.2, -0.15) is 26.3 Å². The third-order valence-electron chi connectivity index (χ3n) is 6.24. The summed E-state index contributed by atoms with van der Waals surface area (Å²) in [6, 6.07) is 16.8. The van der Waals surface area contributed by atoms with Crippen LogP contribution in [0.3, 0.4) is 0 Å². The Morgan fingerprint density at radius 1 is 0.659 bits per heavy atom. The van der Waals surface area contributed by atoms with E-state index in [1.54, 1.807) is 6.07 Å². The third-order valence-corrected chi connectivity index (χ3v) is 6.24. The first-order chi connectivity index (χ1) is 20.5. The molecule has 4 aromatic rings. The minimum Gasteiger partial charge on any atom is -0.466 e. The molecule has 0 aliphatic rings. The second kappa shape index (κ2) is 12.6. The van der Waals surface area contributed by atoms with E-state index >= 15 is 4.39 Å². The van der Waals surface area contributed by atoms with Crippen LogP contribution in [0, 0.1) is 5.82 Å². The minimum absolute atomic E-state index is 0.00569. The fourth-order valence-corrected chi connectivity index (χ4v) is 4.21. The van der Waals surface area contributed by atoms with Crippen LogP contribution < -0.4 is 14.4 Å². The van der Waals surface area contributed by atoms with Crippen LogP contribution in [0.1, 0.15) is 34.6 Å². The number of alkyl halides is 9. The van der Waals surface area contributed by atoms with Crippen LogP contribution in [0.25, 0.3) is 0 Å². The lowest BCUT2D eigenvalue weighted by atomic mass is 10.0. The molecule has 0 heterocycles. The van der Waals surface area contributed by atoms with Gasteiger partial charge < -0.3 is 19.5 Å². The molecular weight excluding hydrogens is 612 g/mol. The second-order valence-corrected chi connectivity index (χ2v) is 9.35. The number of benzene rings is 4. The van der Waals surface area contributed by atoms with Gasteiger partial charge in [0.05, 0.1) is 23.8 Å². The van der Waals surface area contributed by atoms with Crippen molar-refractivity contribution in [3.8, 4) is 11.5 Å². The van der Waals surface area contributed by atoms with E-state index < -0.39 is 65.8 Å². The Hall–Kier alpha value is -4.46. The number of aliphatic hydroxyl groups excluding tert-OH is 1. The van der Waals surface area contributed by atoms with Crippen LogP contribution in [0.5, 0.6) is 11.5 Å². The summed E-state index contributed by atoms with van der Waals surface area (Å²) in [5, 5.41) is 11.0. The van der Waals surface area contributed by atoms with E-state index in [2.05, 4.69) is 4.74 Å². The molecule has 0 fully saturated rings. The fraction of sp³-hybridized carbons (Fsp3) is 0.200. The maximum atomic E-state index is 15.4. The standard InChI is InChI=1S/C30H21F10NO3/c31-25-15-20(29(35,36)37)13-14-24(25)27(43-22-7-4-8-23(16-22)44-30(38,39)40)41(21-5-2-1-3-6-21)17-26(42)18-9-11-19(12-10-18)28(32,33)34/h1-16,26-27,42H,17H2. The van der Waals surface area contributed by atoms with Crippen LogP contribution in [0.4, 0.5) is 49.6 Å². The van der Waals surface area contributed by atoms with E-state index in [4.69, 9.17) is 4.74 Å². The van der Waals surface area contributed by atoms with E-state index in [0.29, 0.717) is 6.07 Å². The van der Waals surface area contributed by atoms with Crippen molar-refractivity contribution < 1.29 is 58.5 Å². The molecule has 0 spiro atoms. The third kappa shape index (κ3) is 8.34. The first kappa shape index (κ1) is 32.5. The maximum Gasteiger partial charge on any atom is 0.573 e. The van der Waals surface area contributed by atoms with Crippen LogP contribution in [-0.2, 0) is 12.4 Å². The number of anilines is 1. The lowest BCUT2D eigenvalue weighted by Crippen LogP contribution is -2.36. The highest BCUT2D eigenvalue weighted by Gasteiger charge is 2.35. The van der Waals surface area contributed by atoms with Gasteiger partial charge in [0.1, 0.15) is 17.3 Å². The molecule has 1 N–H and O–H groups in total. The van der Waals surface area contributed by atoms with Crippen molar-refractivity contribution in [1.82, 2.24) is 0 Å². The van der Waals surface area contributed by atoms with Gasteiger partial charge in [0.2, 0.25) is 6.23 Å². The SMILES string of the molecule is OC(CN(c1ccccc1)C(Oc1cccc(OC(F)(F)F)c1)c1ccc(C(F)(F)F)cc1F)c1ccc(C(F)(F)F)cc1. The van der Waals surface area contributed by atoms with Crippen molar-refractivity contribution in [2.24, 2.45) is 0 Å². The molecule has 2 atom stereocenters. The van der Waals surface area contributed by atoms with E-state index in [0.717, 1.165) is 48.5 Å². The van der Waals surface area contributed by atoms with Crippen molar-refractivity contribution in [2.75, 3.05) is 11.4 Å². The topological polar surface area (TPSA) is 41.9 Å². The number of ether oxygens (including phenoxy) is 2. The Labute approximate surface area is 243 Å². The summed E-state index contributed by atoms with van der Waals surface area (Å²) in [5.74, 6) is -2.42. The average molecular weight is 633 g/mol. The molecule has 14 heteroatoms. The van der Waals surface area contributed by atoms with Crippen molar-refractivity contribution in [3.63, 3.8) is 0 Å². The molecule has 4 nitrogen and oxygen atoms in total. The summed E-state index contributed by atoms with van der Waals surface area (Å²) in [6.45, 7) is -0.515. The van der Waals surface area contributed by atoms with Crippen molar-refractivity contribution in [2.45, 2.75) is 31.0 Å². The Morgan fingerprint density at radius 2 is 1.25 bits per heavy atom. The summed E-state index contributed by atoms with van der Waals surface area (Å²) >= 11 is 0. The van der Waals surface area contributed by atoms with Gasteiger partial charge in [0, 0.05) is 17.3 Å². The lowest BCUT2D eigenvalue weighted by Gasteiger charge is -2.36. The number of nitrogens with zero attached hydrogens (tertiary/aromatic N) is 1. The summed E-state index contributed by atoms with van der Waals surface area (Å²) in [5.41, 5.74) is -2.59. The van der Waals surface area contributed by atoms with Gasteiger partial charge in [-0.25, -0.2) is 4.39 Å². The zero-order valence-corrected chi connectivity index (χ0v) is 22.1. The van der Waals surface area contributed by atoms with Crippen LogP contribution in [0.15, 0.2) is 97.1 Å². The number of rotatable bonds is 9. The number of para-hydroxylation sites is 1. The largest absolute Gasteiger partial charge is 0.573 e. The van der Waals surface area contributed by atoms with Crippen LogP contribution in [0.2, 0.25) is 0 Å². The molecule has 234 valence electrons. The van der Waals surface area contributed by atoms with Gasteiger partial charge in [0.25, 0.3) is 0 Å². The highest BCUT2D eigenvalue weighted by molar-refractivity contribution is 5.50. The first-order valence-electron chi connectivity index (χ1n) is 12.6. The number of hydrogen-bond donors (Lipinski definition) is 1. The Balaban J connectivity index is 1.80. The summed E-state index contributed by atoms with van der Waals surface area (Å²) < 4.78 is 143. The van der Waals surface area contributed by atoms with E-state index in [1.807, 2.05) is 0 Å². The van der Waals surface area contributed by atoms with E-state index in [9.17, 15) is 44.6 Å². The molecule has 0 aliphatic carbocycles. The summed E-state index contributed by atoms with van der Waals surface area (Å²) in [6.07, 6.45) is -17.9. The summed E-state index contributed by atoms with van der Waals surface area (Å²) in [7, 11) is 0. The molecule has 0 bridgehead atoms. The molecule has 44 heavy (non-hydrogen) atoms. The molecule has 0 aliphatic heterocycles. The summed E-state index contributed by atoms with van der Waals surface area (Å²) in [4.78, 5) is 1.20. The smallest absolute Gasteiger partial charge is 0.466 e.